The van der Waals surface area contributed by atoms with E-state index in [9.17, 15) is 18.0 Å². The van der Waals surface area contributed by atoms with E-state index >= 15 is 0 Å². The molecule has 0 atom stereocenters. The molecular formula is C22H23N3O6S. The zero-order chi connectivity index (χ0) is 22.6. The number of morpholine rings is 1. The molecule has 0 spiro atoms. The first-order chi connectivity index (χ1) is 15.4. The van der Waals surface area contributed by atoms with Gasteiger partial charge in [-0.1, -0.05) is 24.3 Å². The zero-order valence-corrected chi connectivity index (χ0v) is 18.1. The maximum atomic E-state index is 12.8. The number of hydrogen-bond acceptors (Lipinski definition) is 6. The molecule has 1 aliphatic rings. The predicted octanol–water partition coefficient (Wildman–Crippen LogP) is 1.91. The molecule has 3 aromatic rings. The average Bonchev–Trinajstić information content (AvgIpc) is 3.21. The van der Waals surface area contributed by atoms with Crippen molar-refractivity contribution in [2.24, 2.45) is 0 Å². The lowest BCUT2D eigenvalue weighted by atomic mass is 10.1. The first-order valence-electron chi connectivity index (χ1n) is 10.1. The third-order valence-corrected chi connectivity index (χ3v) is 6.99. The minimum absolute atomic E-state index is 0.0323. The molecule has 168 valence electrons. The Kier molecular flexibility index (Phi) is 6.54. The second-order valence-corrected chi connectivity index (χ2v) is 9.23. The number of nitrogens with one attached hydrogen (secondary N) is 2. The van der Waals surface area contributed by atoms with Crippen LogP contribution in [-0.4, -0.2) is 62.5 Å². The number of amides is 1. The van der Waals surface area contributed by atoms with Crippen LogP contribution in [0.3, 0.4) is 0 Å². The number of sulfonamides is 1. The van der Waals surface area contributed by atoms with Crippen LogP contribution in [0.2, 0.25) is 0 Å². The van der Waals surface area contributed by atoms with Gasteiger partial charge < -0.3 is 19.8 Å². The van der Waals surface area contributed by atoms with Gasteiger partial charge in [0, 0.05) is 35.9 Å². The van der Waals surface area contributed by atoms with Crippen molar-refractivity contribution in [3.63, 3.8) is 0 Å². The number of benzene rings is 2. The van der Waals surface area contributed by atoms with E-state index in [1.807, 2.05) is 24.3 Å². The van der Waals surface area contributed by atoms with Crippen molar-refractivity contribution in [3.8, 4) is 0 Å². The van der Waals surface area contributed by atoms with Gasteiger partial charge in [-0.05, 0) is 29.8 Å². The third-order valence-electron chi connectivity index (χ3n) is 5.10. The average molecular weight is 458 g/mol. The molecule has 2 aromatic carbocycles. The van der Waals surface area contributed by atoms with Crippen molar-refractivity contribution >= 4 is 38.5 Å². The Hall–Kier alpha value is -3.21. The van der Waals surface area contributed by atoms with Crippen molar-refractivity contribution < 1.29 is 27.5 Å². The Bertz CT molecular complexity index is 1230. The molecule has 4 rings (SSSR count). The molecule has 0 bridgehead atoms. The van der Waals surface area contributed by atoms with E-state index in [2.05, 4.69) is 10.3 Å². The maximum absolute atomic E-state index is 12.8. The Morgan fingerprint density at radius 1 is 1.09 bits per heavy atom. The lowest BCUT2D eigenvalue weighted by Crippen LogP contribution is -2.40. The minimum Gasteiger partial charge on any atom is -0.455 e. The molecule has 9 nitrogen and oxygen atoms in total. The van der Waals surface area contributed by atoms with Gasteiger partial charge in [0.2, 0.25) is 10.0 Å². The molecule has 1 saturated heterocycles. The Morgan fingerprint density at radius 2 is 1.88 bits per heavy atom. The summed E-state index contributed by atoms with van der Waals surface area (Å²) in [6.45, 7) is 0.789. The number of H-pyrrole nitrogens is 1. The summed E-state index contributed by atoms with van der Waals surface area (Å²) in [5, 5.41) is 3.49. The number of para-hydroxylation sites is 1. The lowest BCUT2D eigenvalue weighted by molar-refractivity contribution is -0.146. The van der Waals surface area contributed by atoms with Gasteiger partial charge >= 0.3 is 5.97 Å². The number of esters is 1. The normalized spacial score (nSPS) is 14.9. The van der Waals surface area contributed by atoms with Crippen LogP contribution >= 0.6 is 0 Å². The highest BCUT2D eigenvalue weighted by Crippen LogP contribution is 2.21. The lowest BCUT2D eigenvalue weighted by Gasteiger charge is -2.26. The Balaban J connectivity index is 1.33. The van der Waals surface area contributed by atoms with Gasteiger partial charge in [0.25, 0.3) is 5.91 Å². The molecule has 1 fully saturated rings. The first-order valence-corrected chi connectivity index (χ1v) is 11.6. The summed E-state index contributed by atoms with van der Waals surface area (Å²) in [6, 6.07) is 13.6. The van der Waals surface area contributed by atoms with E-state index in [4.69, 9.17) is 9.47 Å². The van der Waals surface area contributed by atoms with Crippen LogP contribution in [0.4, 0.5) is 5.69 Å². The van der Waals surface area contributed by atoms with E-state index in [1.165, 1.54) is 16.4 Å². The van der Waals surface area contributed by atoms with Crippen molar-refractivity contribution in [1.29, 1.82) is 0 Å². The molecule has 2 N–H and O–H groups in total. The number of aromatic nitrogens is 1. The molecule has 0 saturated carbocycles. The summed E-state index contributed by atoms with van der Waals surface area (Å²) in [7, 11) is -3.68. The van der Waals surface area contributed by atoms with Gasteiger partial charge in [-0.15, -0.1) is 0 Å². The number of carbonyl (C=O) groups excluding carboxylic acids is 2. The monoisotopic (exact) mass is 457 g/mol. The van der Waals surface area contributed by atoms with E-state index in [-0.39, 0.29) is 24.4 Å². The number of fused-ring (bicyclic) bond motifs is 1. The number of carbonyl (C=O) groups is 2. The molecule has 1 aliphatic heterocycles. The molecular weight excluding hydrogens is 434 g/mol. The van der Waals surface area contributed by atoms with Crippen molar-refractivity contribution in [1.82, 2.24) is 9.29 Å². The fraction of sp³-hybridized carbons (Fsp3) is 0.273. The van der Waals surface area contributed by atoms with Crippen LogP contribution in [0.1, 0.15) is 5.56 Å². The van der Waals surface area contributed by atoms with Crippen LogP contribution in [0.15, 0.2) is 59.6 Å². The summed E-state index contributed by atoms with van der Waals surface area (Å²) in [5.74, 6) is -1.09. The number of hydrogen-bond donors (Lipinski definition) is 2. The topological polar surface area (TPSA) is 118 Å². The van der Waals surface area contributed by atoms with Gasteiger partial charge in [-0.3, -0.25) is 9.59 Å². The van der Waals surface area contributed by atoms with Gasteiger partial charge in [0.15, 0.2) is 6.61 Å². The molecule has 2 heterocycles. The summed E-state index contributed by atoms with van der Waals surface area (Å²) in [4.78, 5) is 27.5. The van der Waals surface area contributed by atoms with Crippen LogP contribution < -0.4 is 5.32 Å². The standard InChI is InChI=1S/C22H23N3O6S/c26-21(15-31-22(27)12-16-14-23-20-7-2-1-6-19(16)20)24-17-4-3-5-18(13-17)32(28,29)25-8-10-30-11-9-25/h1-7,13-14,23H,8-12,15H2,(H,24,26). The van der Waals surface area contributed by atoms with Crippen LogP contribution in [0.5, 0.6) is 0 Å². The van der Waals surface area contributed by atoms with Gasteiger partial charge in [-0.25, -0.2) is 8.42 Å². The molecule has 0 radical (unpaired) electrons. The fourth-order valence-electron chi connectivity index (χ4n) is 3.50. The van der Waals surface area contributed by atoms with Crippen molar-refractivity contribution in [3.05, 3.63) is 60.3 Å². The summed E-state index contributed by atoms with van der Waals surface area (Å²) in [6.07, 6.45) is 1.77. The number of ether oxygens (including phenoxy) is 2. The fourth-order valence-corrected chi connectivity index (χ4v) is 4.95. The number of anilines is 1. The summed E-state index contributed by atoms with van der Waals surface area (Å²) in [5.41, 5.74) is 2.00. The van der Waals surface area contributed by atoms with Gasteiger partial charge in [0.05, 0.1) is 24.5 Å². The second kappa shape index (κ2) is 9.51. The van der Waals surface area contributed by atoms with Crippen molar-refractivity contribution in [2.45, 2.75) is 11.3 Å². The van der Waals surface area contributed by atoms with Gasteiger partial charge in [0.1, 0.15) is 0 Å². The third kappa shape index (κ3) is 4.98. The first kappa shape index (κ1) is 22.0. The number of aromatic amines is 1. The predicted molar refractivity (Wildman–Crippen MR) is 118 cm³/mol. The zero-order valence-electron chi connectivity index (χ0n) is 17.2. The molecule has 1 amide bonds. The number of rotatable bonds is 7. The minimum atomic E-state index is -3.68. The Labute approximate surface area is 185 Å². The summed E-state index contributed by atoms with van der Waals surface area (Å²) >= 11 is 0. The molecule has 0 unspecified atom stereocenters. The van der Waals surface area contributed by atoms with E-state index < -0.39 is 28.5 Å². The highest BCUT2D eigenvalue weighted by atomic mass is 32.2. The molecule has 32 heavy (non-hydrogen) atoms. The largest absolute Gasteiger partial charge is 0.455 e. The molecule has 10 heteroatoms. The van der Waals surface area contributed by atoms with Crippen LogP contribution in [0, 0.1) is 0 Å². The smallest absolute Gasteiger partial charge is 0.310 e. The number of nitrogens with zero attached hydrogens (tertiary/aromatic N) is 1. The van der Waals surface area contributed by atoms with Crippen molar-refractivity contribution in [2.75, 3.05) is 38.2 Å². The molecule has 0 aliphatic carbocycles. The highest BCUT2D eigenvalue weighted by Gasteiger charge is 2.26. The maximum Gasteiger partial charge on any atom is 0.310 e. The van der Waals surface area contributed by atoms with E-state index in [1.54, 1.807) is 18.3 Å². The van der Waals surface area contributed by atoms with E-state index in [0.29, 0.717) is 18.9 Å². The highest BCUT2D eigenvalue weighted by molar-refractivity contribution is 7.89. The van der Waals surface area contributed by atoms with Gasteiger partial charge in [-0.2, -0.15) is 4.31 Å². The van der Waals surface area contributed by atoms with Crippen LogP contribution in [0.25, 0.3) is 10.9 Å². The van der Waals surface area contributed by atoms with E-state index in [0.717, 1.165) is 16.5 Å². The summed E-state index contributed by atoms with van der Waals surface area (Å²) < 4.78 is 37.2. The van der Waals surface area contributed by atoms with Crippen LogP contribution in [-0.2, 0) is 35.5 Å². The second-order valence-electron chi connectivity index (χ2n) is 7.29. The SMILES string of the molecule is O=C(COC(=O)Cc1c[nH]c2ccccc12)Nc1cccc(S(=O)(=O)N2CCOCC2)c1. The quantitative estimate of drug-likeness (QED) is 0.524. The Morgan fingerprint density at radius 3 is 2.69 bits per heavy atom. The molecule has 1 aromatic heterocycles.